The molecule has 2 N–H and O–H groups in total. The van der Waals surface area contributed by atoms with E-state index in [0.717, 1.165) is 77.4 Å². The van der Waals surface area contributed by atoms with Crippen molar-refractivity contribution < 1.29 is 14.2 Å². The summed E-state index contributed by atoms with van der Waals surface area (Å²) in [6, 6.07) is 0.758. The third-order valence-electron chi connectivity index (χ3n) is 4.42. The maximum Gasteiger partial charge on any atom is 0.191 e. The van der Waals surface area contributed by atoms with E-state index >= 15 is 0 Å². The van der Waals surface area contributed by atoms with Crippen LogP contribution in [-0.4, -0.2) is 89.8 Å². The number of nitrogens with zero attached hydrogens (tertiary/aromatic N) is 2. The first-order valence-corrected chi connectivity index (χ1v) is 9.20. The highest BCUT2D eigenvalue weighted by Crippen LogP contribution is 2.25. The van der Waals surface area contributed by atoms with E-state index in [1.807, 2.05) is 7.05 Å². The molecule has 0 aromatic heterocycles. The van der Waals surface area contributed by atoms with E-state index in [1.165, 1.54) is 12.8 Å². The molecule has 2 rings (SSSR count). The molecule has 0 bridgehead atoms. The Kier molecular flexibility index (Phi) is 12.8. The highest BCUT2D eigenvalue weighted by atomic mass is 127. The van der Waals surface area contributed by atoms with Gasteiger partial charge >= 0.3 is 0 Å². The summed E-state index contributed by atoms with van der Waals surface area (Å²) in [5, 5.41) is 6.73. The van der Waals surface area contributed by atoms with Crippen LogP contribution in [0.2, 0.25) is 0 Å². The van der Waals surface area contributed by atoms with Crippen LogP contribution in [0.15, 0.2) is 4.99 Å². The fraction of sp³-hybridized carbons (Fsp3) is 0.941. The van der Waals surface area contributed by atoms with E-state index in [1.54, 1.807) is 7.11 Å². The van der Waals surface area contributed by atoms with Gasteiger partial charge in [0.15, 0.2) is 5.96 Å². The molecule has 2 aliphatic rings. The number of guanidine groups is 1. The lowest BCUT2D eigenvalue weighted by molar-refractivity contribution is 0.0420. The number of aliphatic imine (C=N–C) groups is 1. The van der Waals surface area contributed by atoms with E-state index < -0.39 is 0 Å². The van der Waals surface area contributed by atoms with Gasteiger partial charge in [0, 0.05) is 59.6 Å². The topological polar surface area (TPSA) is 67.4 Å². The summed E-state index contributed by atoms with van der Waals surface area (Å²) in [7, 11) is 3.57. The average molecular weight is 470 g/mol. The Balaban J connectivity index is 0.00000312. The summed E-state index contributed by atoms with van der Waals surface area (Å²) >= 11 is 0. The van der Waals surface area contributed by atoms with Gasteiger partial charge in [-0.2, -0.15) is 0 Å². The summed E-state index contributed by atoms with van der Waals surface area (Å²) in [4.78, 5) is 6.77. The lowest BCUT2D eigenvalue weighted by Gasteiger charge is -2.22. The molecule has 0 spiro atoms. The Morgan fingerprint density at radius 2 is 1.96 bits per heavy atom. The summed E-state index contributed by atoms with van der Waals surface area (Å²) in [6.45, 7) is 6.95. The highest BCUT2D eigenvalue weighted by molar-refractivity contribution is 14.0. The number of rotatable bonds is 12. The van der Waals surface area contributed by atoms with Crippen molar-refractivity contribution in [3.8, 4) is 0 Å². The predicted octanol–water partition coefficient (Wildman–Crippen LogP) is 1.08. The minimum Gasteiger partial charge on any atom is -0.383 e. The van der Waals surface area contributed by atoms with Crippen molar-refractivity contribution in [2.75, 3.05) is 66.8 Å². The van der Waals surface area contributed by atoms with Crippen LogP contribution in [0.5, 0.6) is 0 Å². The maximum absolute atomic E-state index is 5.76. The van der Waals surface area contributed by atoms with Gasteiger partial charge in [0.25, 0.3) is 0 Å². The molecule has 1 aliphatic carbocycles. The minimum atomic E-state index is 0. The van der Waals surface area contributed by atoms with Gasteiger partial charge in [0.05, 0.1) is 19.3 Å². The second-order valence-electron chi connectivity index (χ2n) is 6.40. The average Bonchev–Trinajstić information content (AvgIpc) is 3.31. The molecule has 1 atom stereocenters. The van der Waals surface area contributed by atoms with E-state index in [-0.39, 0.29) is 24.0 Å². The van der Waals surface area contributed by atoms with Crippen LogP contribution in [0.3, 0.4) is 0 Å². The summed E-state index contributed by atoms with van der Waals surface area (Å²) in [6.07, 6.45) is 4.94. The molecular weight excluding hydrogens is 435 g/mol. The predicted molar refractivity (Wildman–Crippen MR) is 111 cm³/mol. The largest absolute Gasteiger partial charge is 0.383 e. The molecule has 1 heterocycles. The van der Waals surface area contributed by atoms with Crippen LogP contribution >= 0.6 is 24.0 Å². The Morgan fingerprint density at radius 1 is 1.16 bits per heavy atom. The zero-order valence-corrected chi connectivity index (χ0v) is 18.0. The molecule has 2 fully saturated rings. The molecule has 25 heavy (non-hydrogen) atoms. The molecule has 1 saturated carbocycles. The third-order valence-corrected chi connectivity index (χ3v) is 4.42. The van der Waals surface area contributed by atoms with Gasteiger partial charge in [-0.25, -0.2) is 0 Å². The number of hydrogen-bond donors (Lipinski definition) is 2. The van der Waals surface area contributed by atoms with Gasteiger partial charge in [0.1, 0.15) is 0 Å². The molecule has 0 amide bonds. The summed E-state index contributed by atoms with van der Waals surface area (Å²) < 4.78 is 16.2. The Labute approximate surface area is 169 Å². The molecule has 0 radical (unpaired) electrons. The highest BCUT2D eigenvalue weighted by Gasteiger charge is 2.28. The molecule has 1 unspecified atom stereocenters. The number of nitrogens with one attached hydrogen (secondary N) is 2. The smallest absolute Gasteiger partial charge is 0.191 e. The molecular formula is C17H35IN4O3. The Morgan fingerprint density at radius 3 is 2.60 bits per heavy atom. The molecule has 1 aliphatic heterocycles. The van der Waals surface area contributed by atoms with E-state index in [0.29, 0.717) is 6.10 Å². The van der Waals surface area contributed by atoms with Crippen molar-refractivity contribution in [2.45, 2.75) is 37.8 Å². The Bertz CT molecular complexity index is 364. The normalized spacial score (nSPS) is 20.6. The first kappa shape index (κ1) is 22.9. The van der Waals surface area contributed by atoms with Gasteiger partial charge in [-0.15, -0.1) is 24.0 Å². The number of hydrogen-bond acceptors (Lipinski definition) is 5. The van der Waals surface area contributed by atoms with Crippen molar-refractivity contribution in [2.24, 2.45) is 4.99 Å². The number of methoxy groups -OCH3 is 1. The summed E-state index contributed by atoms with van der Waals surface area (Å²) in [5.74, 6) is 0.863. The van der Waals surface area contributed by atoms with Crippen LogP contribution in [0.25, 0.3) is 0 Å². The molecule has 148 valence electrons. The van der Waals surface area contributed by atoms with Crippen LogP contribution in [-0.2, 0) is 14.2 Å². The zero-order chi connectivity index (χ0) is 17.0. The fourth-order valence-electron chi connectivity index (χ4n) is 2.84. The second-order valence-corrected chi connectivity index (χ2v) is 6.40. The van der Waals surface area contributed by atoms with E-state index in [9.17, 15) is 0 Å². The van der Waals surface area contributed by atoms with Crippen molar-refractivity contribution >= 4 is 29.9 Å². The third kappa shape index (κ3) is 9.93. The minimum absolute atomic E-state index is 0. The molecule has 1 saturated heterocycles. The summed E-state index contributed by atoms with van der Waals surface area (Å²) in [5.41, 5.74) is 0. The maximum atomic E-state index is 5.76. The Hall–Kier alpha value is -0.160. The van der Waals surface area contributed by atoms with Gasteiger partial charge < -0.3 is 24.8 Å². The lowest BCUT2D eigenvalue weighted by Crippen LogP contribution is -2.43. The lowest BCUT2D eigenvalue weighted by atomic mass is 10.3. The van der Waals surface area contributed by atoms with Crippen molar-refractivity contribution in [1.82, 2.24) is 15.5 Å². The van der Waals surface area contributed by atoms with Crippen LogP contribution < -0.4 is 10.6 Å². The standard InChI is InChI=1S/C17H34N4O3.HI/c1-18-17(19-7-3-11-24-16-6-12-23-14-16)20-8-9-21(10-13-22-2)15-4-5-15;/h15-16H,3-14H2,1-2H3,(H2,18,19,20);1H. The SMILES string of the molecule is CN=C(NCCCOC1CCOC1)NCCN(CCOC)C1CC1.I. The van der Waals surface area contributed by atoms with Crippen molar-refractivity contribution in [3.63, 3.8) is 0 Å². The first-order chi connectivity index (χ1) is 11.8. The van der Waals surface area contributed by atoms with Crippen molar-refractivity contribution in [1.29, 1.82) is 0 Å². The fourth-order valence-corrected chi connectivity index (χ4v) is 2.84. The van der Waals surface area contributed by atoms with Crippen LogP contribution in [0, 0.1) is 0 Å². The first-order valence-electron chi connectivity index (χ1n) is 9.20. The van der Waals surface area contributed by atoms with Gasteiger partial charge in [0.2, 0.25) is 0 Å². The quantitative estimate of drug-likeness (QED) is 0.193. The van der Waals surface area contributed by atoms with E-state index in [4.69, 9.17) is 14.2 Å². The monoisotopic (exact) mass is 470 g/mol. The second kappa shape index (κ2) is 14.0. The zero-order valence-electron chi connectivity index (χ0n) is 15.7. The number of halogens is 1. The van der Waals surface area contributed by atoms with Crippen LogP contribution in [0.4, 0.5) is 0 Å². The van der Waals surface area contributed by atoms with Crippen molar-refractivity contribution in [3.05, 3.63) is 0 Å². The van der Waals surface area contributed by atoms with Gasteiger partial charge in [-0.1, -0.05) is 0 Å². The van der Waals surface area contributed by atoms with Crippen LogP contribution in [0.1, 0.15) is 25.7 Å². The van der Waals surface area contributed by atoms with Gasteiger partial charge in [-0.3, -0.25) is 9.89 Å². The van der Waals surface area contributed by atoms with E-state index in [2.05, 4.69) is 20.5 Å². The molecule has 0 aromatic carbocycles. The molecule has 8 heteroatoms. The van der Waals surface area contributed by atoms with Gasteiger partial charge in [-0.05, 0) is 25.7 Å². The molecule has 0 aromatic rings. The number of ether oxygens (including phenoxy) is 3. The molecule has 7 nitrogen and oxygen atoms in total.